The molecule has 6 amide bonds. The topological polar surface area (TPSA) is 422 Å². The van der Waals surface area contributed by atoms with Gasteiger partial charge in [0.1, 0.15) is 68.5 Å². The fourth-order valence-corrected chi connectivity index (χ4v) is 17.0. The van der Waals surface area contributed by atoms with Crippen LogP contribution in [0.1, 0.15) is 191 Å². The summed E-state index contributed by atoms with van der Waals surface area (Å²) in [6.45, 7) is 28.4. The number of nitrogen functional groups attached to an aromatic ring is 1. The van der Waals surface area contributed by atoms with Crippen molar-refractivity contribution in [3.05, 3.63) is 139 Å². The number of cyclic esters (lactones) is 1. The molecule has 13 aliphatic rings. The lowest BCUT2D eigenvalue weighted by Crippen LogP contribution is -2.57. The van der Waals surface area contributed by atoms with Gasteiger partial charge in [-0.3, -0.25) is 24.0 Å². The second-order valence-corrected chi connectivity index (χ2v) is 42.4. The number of aliphatic hydroxyl groups is 1. The number of aromatic hydroxyl groups is 2. The number of urea groups is 1. The zero-order chi connectivity index (χ0) is 106. The number of likely N-dealkylation sites (tertiary alicyclic amines) is 1. The monoisotopic (exact) mass is 2310 g/mol. The van der Waals surface area contributed by atoms with Crippen LogP contribution >= 0.6 is 63.7 Å². The molecule has 35 nitrogen and oxygen atoms in total. The summed E-state index contributed by atoms with van der Waals surface area (Å²) in [4.78, 5) is 72.1. The minimum atomic E-state index is -0.862. The Hall–Kier alpha value is -8.73. The van der Waals surface area contributed by atoms with Gasteiger partial charge in [-0.2, -0.15) is 5.10 Å². The van der Waals surface area contributed by atoms with Crippen molar-refractivity contribution in [2.24, 2.45) is 5.10 Å². The van der Waals surface area contributed by atoms with Gasteiger partial charge in [0, 0.05) is 126 Å². The number of phenolic OH excluding ortho intramolecular Hbond substituents is 2. The van der Waals surface area contributed by atoms with E-state index in [9.17, 15) is 64.6 Å². The number of carbonyl (C=O) groups excluding carboxylic acids is 6. The molecule has 798 valence electrons. The minimum Gasteiger partial charge on any atom is -0.506 e. The van der Waals surface area contributed by atoms with Crippen LogP contribution in [0.3, 0.4) is 0 Å². The number of phenols is 2. The number of nitrogens with one attached hydrogen (secondary N) is 4. The summed E-state index contributed by atoms with van der Waals surface area (Å²) in [5.74, 6) is -5.04. The highest BCUT2D eigenvalue weighted by Crippen LogP contribution is 2.46. The second kappa shape index (κ2) is 50.9. The summed E-state index contributed by atoms with van der Waals surface area (Å²) in [5.41, 5.74) is 4.97. The molecule has 8 fully saturated rings. The number of ether oxygens (including phenoxy) is 12. The van der Waals surface area contributed by atoms with Crippen LogP contribution in [-0.2, 0) is 89.8 Å². The highest BCUT2D eigenvalue weighted by molar-refractivity contribution is 9.11. The number of halogens is 11. The summed E-state index contributed by atoms with van der Waals surface area (Å²) in [7, 11) is -0.218. The Morgan fingerprint density at radius 1 is 0.473 bits per heavy atom. The molecule has 13 aliphatic heterocycles. The van der Waals surface area contributed by atoms with E-state index >= 15 is 0 Å². The molecule has 9 N–H and O–H groups in total. The lowest BCUT2D eigenvalue weighted by atomic mass is 9.49. The molecule has 13 heterocycles. The number of hydrazone groups is 1. The Kier molecular flexibility index (Phi) is 40.5. The summed E-state index contributed by atoms with van der Waals surface area (Å²) < 4.78 is 196. The normalized spacial score (nSPS) is 24.2. The summed E-state index contributed by atoms with van der Waals surface area (Å²) >= 11 is 12.1. The number of hydrogen-bond acceptors (Lipinski definition) is 29. The molecule has 8 unspecified atom stereocenters. The van der Waals surface area contributed by atoms with Gasteiger partial charge < -0.3 is 132 Å². The van der Waals surface area contributed by atoms with Gasteiger partial charge in [-0.15, -0.1) is 0 Å². The maximum Gasteiger partial charge on any atom is 0.497 e. The van der Waals surface area contributed by atoms with E-state index in [2.05, 4.69) is 94.8 Å². The number of aliphatic hydroxyl groups excluding tert-OH is 1. The van der Waals surface area contributed by atoms with Crippen molar-refractivity contribution < 1.29 is 160 Å². The number of carbonyl (C=O) groups is 6. The van der Waals surface area contributed by atoms with Crippen molar-refractivity contribution >= 4 is 161 Å². The van der Waals surface area contributed by atoms with Crippen molar-refractivity contribution in [2.75, 3.05) is 100 Å². The van der Waals surface area contributed by atoms with Gasteiger partial charge in [-0.05, 0) is 231 Å². The minimum absolute atomic E-state index is 0.0347. The predicted octanol–water partition coefficient (Wildman–Crippen LogP) is 16.8. The maximum absolute atomic E-state index is 14.9. The van der Waals surface area contributed by atoms with E-state index in [0.29, 0.717) is 113 Å². The first-order valence-corrected chi connectivity index (χ1v) is 51.2. The van der Waals surface area contributed by atoms with E-state index in [1.54, 1.807) is 18.2 Å². The fraction of sp³-hybridized carbons (Fsp3) is 0.557. The number of alkyl halides is 1. The highest BCUT2D eigenvalue weighted by atomic mass is 79.9. The average molecular weight is 2320 g/mol. The van der Waals surface area contributed by atoms with Crippen LogP contribution in [0.15, 0.2) is 97.4 Å². The van der Waals surface area contributed by atoms with Gasteiger partial charge in [0.05, 0.1) is 127 Å². The number of nitrogens with zero attached hydrogens (tertiary/aromatic N) is 3. The van der Waals surface area contributed by atoms with Gasteiger partial charge in [0.2, 0.25) is 0 Å². The second-order valence-electron chi connectivity index (χ2n) is 38.7. The number of nitrogens with two attached hydrogens (primary N) is 1. The lowest BCUT2D eigenvalue weighted by Gasteiger charge is -2.40. The van der Waals surface area contributed by atoms with E-state index in [4.69, 9.17) is 96.0 Å². The smallest absolute Gasteiger partial charge is 0.497 e. The summed E-state index contributed by atoms with van der Waals surface area (Å²) in [5, 5.41) is 42.9. The fourth-order valence-electron chi connectivity index (χ4n) is 15.7. The van der Waals surface area contributed by atoms with Gasteiger partial charge in [0.25, 0.3) is 23.6 Å². The molecule has 0 saturated carbocycles. The molecule has 0 spiro atoms. The first-order valence-electron chi connectivity index (χ1n) is 47.9. The zero-order valence-electron chi connectivity index (χ0n) is 83.0. The number of methoxy groups -OCH3 is 1. The average Bonchev–Trinajstić information content (AvgIpc) is 1.59. The SMILES string of the molecule is CC1(C)OB(B2OC(C)(C)C(C)(C)O2)OC1(C)C.CC1(C)OB(c2cc3c(cc2F)OC(CCOC2CCCCO2)C(=O)N3)OC1(C)C.COC1CN(C(=O)N2N=CC[C@H]2c2cc(F)cc(F)c2)C1.Nc1cc(Br)c(F)cc1O.O=C1Nc2cc(Br)c(F)cc2OC1CCO.O=C1Nc2cc(Br)c(F)cc2OC1CCOC1CCCCO1.O=C1Nc2cc(O)c(F)cc2OC1CCOC1CCCCO1.O=C1OCCC1Br. The van der Waals surface area contributed by atoms with Crippen LogP contribution < -0.4 is 51.4 Å². The molecule has 19 rings (SSSR count). The Morgan fingerprint density at radius 2 is 0.849 bits per heavy atom. The molecule has 0 aliphatic carbocycles. The van der Waals surface area contributed by atoms with Crippen molar-refractivity contribution in [1.29, 1.82) is 0 Å². The predicted molar refractivity (Wildman–Crippen MR) is 537 cm³/mol. The van der Waals surface area contributed by atoms with Crippen LogP contribution in [0, 0.1) is 40.7 Å². The molecule has 9 atom stereocenters. The van der Waals surface area contributed by atoms with Crippen LogP contribution in [0.5, 0.6) is 34.5 Å². The number of anilines is 5. The van der Waals surface area contributed by atoms with Gasteiger partial charge in [-0.25, -0.2) is 40.5 Å². The molecule has 6 aromatic carbocycles. The number of amides is 6. The quantitative estimate of drug-likeness (QED) is 0.00989. The Morgan fingerprint density at radius 3 is 1.22 bits per heavy atom. The van der Waals surface area contributed by atoms with Crippen molar-refractivity contribution in [3.8, 4) is 34.5 Å². The third kappa shape index (κ3) is 30.4. The van der Waals surface area contributed by atoms with Gasteiger partial charge in [0.15, 0.2) is 54.9 Å². The number of rotatable bonds is 18. The first-order chi connectivity index (χ1) is 68.9. The molecule has 49 heteroatoms. The molecular formula is C97H122B3Br4F7N8O27. The highest BCUT2D eigenvalue weighted by Gasteiger charge is 2.64. The number of hydrogen-bond donors (Lipinski definition) is 8. The zero-order valence-corrected chi connectivity index (χ0v) is 89.3. The van der Waals surface area contributed by atoms with E-state index in [0.717, 1.165) is 88.5 Å². The van der Waals surface area contributed by atoms with E-state index in [1.165, 1.54) is 59.6 Å². The van der Waals surface area contributed by atoms with Crippen LogP contribution in [0.2, 0.25) is 0 Å². The molecule has 146 heavy (non-hydrogen) atoms. The number of fused-ring (bicyclic) bond motifs is 4. The molecule has 8 saturated heterocycles. The Labute approximate surface area is 876 Å². The standard InChI is InChI=1S/C21H29BFNO6.C15H17BrFNO4.C15H18FNO5.C14H15F2N3O2.C12H24B2O4.C10H9BrFNO3.C6H5BrFNO.C4H5BrO2/c1-20(2)21(3,4)30-22(29-20)13-11-15-17(12-14(13)23)28-16(19(25)24-15)8-10-27-18-7-5-6-9-26-18;16-9-7-11-13(8-10(9)17)22-12(15(19)18-11)4-6-21-14-3-1-2-5-20-14;16-9-7-13-10(8-11(9)18)17-15(19)12(22-13)4-6-21-14-3-1-2-5-20-14;1-21-12-7-18(8-12)14(20)19-13(2-3-17-19)9-4-10(15)6-11(16)5-9;1-9(2)10(3,4)16-13(15-9)14-17-11(5,6)12(7,8)18-14;11-5-3-7-9(4-6(5)12)16-8(1-2-14)10(15)13-7;7-3-1-5(9)6(10)2-4(3)8;5-3-1-2-7-4(3)6/h11-12,16,18H,5-10H2,1-4H3,(H,24,25);7-8,12,14H,1-6H2,(H,18,19);7-8,12,14,18H,1-6H2,(H,17,19);3-6,12-13H,2,7-8H2,1H3;1-8H3;3-4,8,14H,1-2H2,(H,13,15);1-2,10H,9H2;3H,1-2H2/t;;;13-;;;;/m...0..../s1. The first kappa shape index (κ1) is 116. The van der Waals surface area contributed by atoms with Crippen LogP contribution in [-0.4, -0.2) is 249 Å². The Balaban J connectivity index is 0.000000152. The molecule has 0 bridgehead atoms. The van der Waals surface area contributed by atoms with E-state index in [-0.39, 0.29) is 154 Å². The van der Waals surface area contributed by atoms with E-state index < -0.39 is 109 Å². The van der Waals surface area contributed by atoms with Gasteiger partial charge >= 0.3 is 33.1 Å². The lowest BCUT2D eigenvalue weighted by molar-refractivity contribution is -0.166. The van der Waals surface area contributed by atoms with E-state index in [1.807, 2.05) is 83.1 Å². The maximum atomic E-state index is 14.9. The molecule has 0 radical (unpaired) electrons. The Bertz CT molecular complexity index is 5350. The molecule has 0 aromatic heterocycles. The summed E-state index contributed by atoms with van der Waals surface area (Å²) in [6.07, 6.45) is 9.54. The third-order valence-electron chi connectivity index (χ3n) is 26.3. The van der Waals surface area contributed by atoms with Crippen molar-refractivity contribution in [3.63, 3.8) is 0 Å². The number of benzene rings is 6. The van der Waals surface area contributed by atoms with Crippen molar-refractivity contribution in [1.82, 2.24) is 9.91 Å². The third-order valence-corrected chi connectivity index (χ3v) is 28.9. The van der Waals surface area contributed by atoms with Crippen molar-refractivity contribution in [2.45, 2.75) is 273 Å². The number of esters is 1. The van der Waals surface area contributed by atoms with Crippen LogP contribution in [0.4, 0.5) is 64.0 Å². The largest absolute Gasteiger partial charge is 0.506 e. The summed E-state index contributed by atoms with van der Waals surface area (Å²) in [6, 6.07) is 15.2. The molecular weight excluding hydrogens is 2190 g/mol. The van der Waals surface area contributed by atoms with Crippen LogP contribution in [0.25, 0.3) is 0 Å². The van der Waals surface area contributed by atoms with Gasteiger partial charge in [-0.1, -0.05) is 15.9 Å². The molecule has 6 aromatic rings.